The molecular weight excluding hydrogens is 221 g/mol. The number of carboxylic acid groups (broad SMARTS) is 1. The van der Waals surface area contributed by atoms with Crippen LogP contribution in [0, 0.1) is 5.82 Å². The molecule has 1 aromatic carbocycles. The topological polar surface area (TPSA) is 49.3 Å². The van der Waals surface area contributed by atoms with E-state index in [0.717, 1.165) is 11.1 Å². The van der Waals surface area contributed by atoms with E-state index in [2.05, 4.69) is 5.32 Å². The molecule has 2 rings (SSSR count). The number of hydrogen-bond acceptors (Lipinski definition) is 2. The van der Waals surface area contributed by atoms with E-state index in [1.165, 1.54) is 12.1 Å². The summed E-state index contributed by atoms with van der Waals surface area (Å²) in [5, 5.41) is 11.6. The van der Waals surface area contributed by atoms with Gasteiger partial charge in [-0.2, -0.15) is 0 Å². The van der Waals surface area contributed by atoms with Crippen molar-refractivity contribution >= 4 is 18.4 Å². The number of benzene rings is 1. The smallest absolute Gasteiger partial charge is 0.321 e. The highest BCUT2D eigenvalue weighted by Crippen LogP contribution is 2.17. The summed E-state index contributed by atoms with van der Waals surface area (Å²) >= 11 is 0. The molecule has 1 aromatic rings. The van der Waals surface area contributed by atoms with Crippen LogP contribution >= 0.6 is 12.4 Å². The summed E-state index contributed by atoms with van der Waals surface area (Å²) in [6.45, 7) is 0.421. The molecule has 0 unspecified atom stereocenters. The Balaban J connectivity index is 0.00000112. The monoisotopic (exact) mass is 231 g/mol. The van der Waals surface area contributed by atoms with Gasteiger partial charge in [0.25, 0.3) is 0 Å². The fraction of sp³-hybridized carbons (Fsp3) is 0.300. The van der Waals surface area contributed by atoms with Crippen molar-refractivity contribution in [2.45, 2.75) is 19.0 Å². The van der Waals surface area contributed by atoms with Gasteiger partial charge in [0.15, 0.2) is 0 Å². The number of carboxylic acids is 1. The van der Waals surface area contributed by atoms with E-state index in [0.29, 0.717) is 13.0 Å². The lowest BCUT2D eigenvalue weighted by Gasteiger charge is -2.22. The summed E-state index contributed by atoms with van der Waals surface area (Å²) in [6.07, 6.45) is 0.422. The molecule has 0 saturated heterocycles. The molecule has 3 nitrogen and oxygen atoms in total. The standard InChI is InChI=1S/C10H10FNO2.ClH/c11-8-2-1-6-4-9(10(13)14)12-5-7(6)3-8;/h1-3,9,12H,4-5H2,(H,13,14);1H/t9-;/m0./s1. The molecule has 0 fully saturated rings. The van der Waals surface area contributed by atoms with E-state index in [1.807, 2.05) is 0 Å². The number of halogens is 2. The number of hydrogen-bond donors (Lipinski definition) is 2. The molecule has 0 spiro atoms. The second kappa shape index (κ2) is 4.59. The van der Waals surface area contributed by atoms with Crippen LogP contribution in [-0.4, -0.2) is 17.1 Å². The maximum atomic E-state index is 12.8. The highest BCUT2D eigenvalue weighted by Gasteiger charge is 2.23. The van der Waals surface area contributed by atoms with Gasteiger partial charge in [0, 0.05) is 6.54 Å². The molecule has 0 amide bonds. The zero-order valence-electron chi connectivity index (χ0n) is 7.87. The number of carbonyl (C=O) groups is 1. The third-order valence-corrected chi connectivity index (χ3v) is 2.43. The van der Waals surface area contributed by atoms with Crippen molar-refractivity contribution in [3.63, 3.8) is 0 Å². The lowest BCUT2D eigenvalue weighted by atomic mass is 9.96. The summed E-state index contributed by atoms with van der Waals surface area (Å²) < 4.78 is 12.8. The van der Waals surface area contributed by atoms with Crippen LogP contribution in [0.1, 0.15) is 11.1 Å². The van der Waals surface area contributed by atoms with Crippen LogP contribution in [0.25, 0.3) is 0 Å². The third kappa shape index (κ3) is 2.46. The van der Waals surface area contributed by atoms with Gasteiger partial charge in [-0.1, -0.05) is 6.07 Å². The zero-order chi connectivity index (χ0) is 10.1. The first-order valence-corrected chi connectivity index (χ1v) is 4.40. The Kier molecular flexibility index (Phi) is 3.66. The number of nitrogens with one attached hydrogen (secondary N) is 1. The normalized spacial score (nSPS) is 18.9. The summed E-state index contributed by atoms with van der Waals surface area (Å²) in [6, 6.07) is 3.92. The quantitative estimate of drug-likeness (QED) is 0.767. The minimum absolute atomic E-state index is 0. The zero-order valence-corrected chi connectivity index (χ0v) is 8.68. The number of rotatable bonds is 1. The van der Waals surface area contributed by atoms with Gasteiger partial charge in [0.05, 0.1) is 0 Å². The molecule has 0 saturated carbocycles. The van der Waals surface area contributed by atoms with E-state index >= 15 is 0 Å². The second-order valence-electron chi connectivity index (χ2n) is 3.39. The number of aliphatic carboxylic acids is 1. The lowest BCUT2D eigenvalue weighted by molar-refractivity contribution is -0.139. The fourth-order valence-corrected chi connectivity index (χ4v) is 1.66. The van der Waals surface area contributed by atoms with Gasteiger partial charge < -0.3 is 10.4 Å². The average Bonchev–Trinajstić information content (AvgIpc) is 2.16. The SMILES string of the molecule is Cl.O=C(O)[C@@H]1Cc2ccc(F)cc2CN1. The average molecular weight is 232 g/mol. The molecule has 1 aliphatic rings. The van der Waals surface area contributed by atoms with E-state index in [1.54, 1.807) is 6.07 Å². The second-order valence-corrected chi connectivity index (χ2v) is 3.39. The minimum atomic E-state index is -0.861. The molecule has 0 aliphatic carbocycles. The molecule has 0 aromatic heterocycles. The summed E-state index contributed by atoms with van der Waals surface area (Å²) in [7, 11) is 0. The lowest BCUT2D eigenvalue weighted by Crippen LogP contribution is -2.41. The molecule has 82 valence electrons. The first-order valence-electron chi connectivity index (χ1n) is 4.40. The van der Waals surface area contributed by atoms with Crippen LogP contribution < -0.4 is 5.32 Å². The summed E-state index contributed by atoms with van der Waals surface area (Å²) in [4.78, 5) is 10.7. The molecule has 1 heterocycles. The Bertz CT molecular complexity index is 384. The van der Waals surface area contributed by atoms with Crippen LogP contribution in [0.3, 0.4) is 0 Å². The van der Waals surface area contributed by atoms with Crippen molar-refractivity contribution in [1.29, 1.82) is 0 Å². The Morgan fingerprint density at radius 1 is 1.47 bits per heavy atom. The van der Waals surface area contributed by atoms with E-state index < -0.39 is 12.0 Å². The van der Waals surface area contributed by atoms with Gasteiger partial charge in [0.2, 0.25) is 0 Å². The van der Waals surface area contributed by atoms with E-state index in [-0.39, 0.29) is 18.2 Å². The van der Waals surface area contributed by atoms with Crippen molar-refractivity contribution in [3.8, 4) is 0 Å². The van der Waals surface area contributed by atoms with Crippen LogP contribution in [0.4, 0.5) is 4.39 Å². The van der Waals surface area contributed by atoms with Crippen LogP contribution in [0.2, 0.25) is 0 Å². The number of fused-ring (bicyclic) bond motifs is 1. The van der Waals surface area contributed by atoms with Crippen LogP contribution in [0.5, 0.6) is 0 Å². The van der Waals surface area contributed by atoms with Crippen LogP contribution in [0.15, 0.2) is 18.2 Å². The molecule has 1 atom stereocenters. The first-order chi connectivity index (χ1) is 6.66. The van der Waals surface area contributed by atoms with E-state index in [4.69, 9.17) is 5.11 Å². The maximum absolute atomic E-state index is 12.8. The maximum Gasteiger partial charge on any atom is 0.321 e. The Morgan fingerprint density at radius 3 is 2.87 bits per heavy atom. The largest absolute Gasteiger partial charge is 0.480 e. The van der Waals surface area contributed by atoms with Crippen molar-refractivity contribution in [1.82, 2.24) is 5.32 Å². The Morgan fingerprint density at radius 2 is 2.20 bits per heavy atom. The predicted molar refractivity (Wildman–Crippen MR) is 55.6 cm³/mol. The minimum Gasteiger partial charge on any atom is -0.480 e. The van der Waals surface area contributed by atoms with Gasteiger partial charge in [0.1, 0.15) is 11.9 Å². The highest BCUT2D eigenvalue weighted by atomic mass is 35.5. The molecule has 15 heavy (non-hydrogen) atoms. The highest BCUT2D eigenvalue weighted by molar-refractivity contribution is 5.85. The van der Waals surface area contributed by atoms with Gasteiger partial charge in [-0.3, -0.25) is 4.79 Å². The molecule has 2 N–H and O–H groups in total. The van der Waals surface area contributed by atoms with Crippen molar-refractivity contribution in [3.05, 3.63) is 35.1 Å². The van der Waals surface area contributed by atoms with Gasteiger partial charge >= 0.3 is 5.97 Å². The van der Waals surface area contributed by atoms with Crippen LogP contribution in [-0.2, 0) is 17.8 Å². The Labute approximate surface area is 92.7 Å². The molecule has 5 heteroatoms. The molecular formula is C10H11ClFNO2. The molecule has 0 radical (unpaired) electrons. The van der Waals surface area contributed by atoms with Crippen molar-refractivity contribution in [2.24, 2.45) is 0 Å². The fourth-order valence-electron chi connectivity index (χ4n) is 1.66. The summed E-state index contributed by atoms with van der Waals surface area (Å²) in [5.41, 5.74) is 1.76. The van der Waals surface area contributed by atoms with Crippen molar-refractivity contribution in [2.75, 3.05) is 0 Å². The van der Waals surface area contributed by atoms with Gasteiger partial charge in [-0.15, -0.1) is 12.4 Å². The van der Waals surface area contributed by atoms with E-state index in [9.17, 15) is 9.18 Å². The van der Waals surface area contributed by atoms with Gasteiger partial charge in [-0.05, 0) is 29.7 Å². The molecule has 1 aliphatic heterocycles. The van der Waals surface area contributed by atoms with Crippen molar-refractivity contribution < 1.29 is 14.3 Å². The Hall–Kier alpha value is -1.13. The predicted octanol–water partition coefficient (Wildman–Crippen LogP) is 1.35. The first kappa shape index (κ1) is 11.9. The third-order valence-electron chi connectivity index (χ3n) is 2.43. The summed E-state index contributed by atoms with van der Waals surface area (Å²) in [5.74, 6) is -1.14. The molecule has 0 bridgehead atoms. The van der Waals surface area contributed by atoms with Gasteiger partial charge in [-0.25, -0.2) is 4.39 Å².